The minimum atomic E-state index is 0.000432. The van der Waals surface area contributed by atoms with Gasteiger partial charge in [-0.2, -0.15) is 0 Å². The van der Waals surface area contributed by atoms with E-state index in [2.05, 4.69) is 12.2 Å². The second-order valence-electron chi connectivity index (χ2n) is 5.04. The Morgan fingerprint density at radius 2 is 1.95 bits per heavy atom. The number of para-hydroxylation sites is 1. The summed E-state index contributed by atoms with van der Waals surface area (Å²) in [7, 11) is 1.65. The first-order valence-electron chi connectivity index (χ1n) is 7.15. The molecule has 0 radical (unpaired) electrons. The minimum Gasteiger partial charge on any atom is -0.496 e. The smallest absolute Gasteiger partial charge is 0.228 e. The molecule has 0 heterocycles. The second kappa shape index (κ2) is 6.93. The van der Waals surface area contributed by atoms with Gasteiger partial charge >= 0.3 is 0 Å². The van der Waals surface area contributed by atoms with Gasteiger partial charge in [-0.05, 0) is 42.2 Å². The van der Waals surface area contributed by atoms with E-state index in [9.17, 15) is 4.79 Å². The summed E-state index contributed by atoms with van der Waals surface area (Å²) >= 11 is 0. The molecule has 0 unspecified atom stereocenters. The molecular weight excluding hydrogens is 262 g/mol. The third-order valence-electron chi connectivity index (χ3n) is 3.50. The Kier molecular flexibility index (Phi) is 4.99. The van der Waals surface area contributed by atoms with Gasteiger partial charge in [-0.3, -0.25) is 4.79 Å². The van der Waals surface area contributed by atoms with Crippen LogP contribution in [0.5, 0.6) is 5.75 Å². The van der Waals surface area contributed by atoms with Crippen molar-refractivity contribution >= 4 is 11.6 Å². The zero-order chi connectivity index (χ0) is 15.2. The molecule has 2 aromatic carbocycles. The SMILES string of the molecule is CCc1ccccc1NC(=O)Cc1ccc(OC)c(C)c1. The molecule has 0 saturated heterocycles. The van der Waals surface area contributed by atoms with Crippen LogP contribution in [0.4, 0.5) is 5.69 Å². The van der Waals surface area contributed by atoms with Gasteiger partial charge in [0.05, 0.1) is 13.5 Å². The molecule has 21 heavy (non-hydrogen) atoms. The summed E-state index contributed by atoms with van der Waals surface area (Å²) in [5.74, 6) is 0.843. The van der Waals surface area contributed by atoms with Crippen LogP contribution in [-0.4, -0.2) is 13.0 Å². The van der Waals surface area contributed by atoms with Crippen molar-refractivity contribution in [3.05, 3.63) is 59.2 Å². The van der Waals surface area contributed by atoms with Gasteiger partial charge in [-0.1, -0.05) is 37.3 Å². The Labute approximate surface area is 126 Å². The van der Waals surface area contributed by atoms with Crippen molar-refractivity contribution in [1.29, 1.82) is 0 Å². The predicted octanol–water partition coefficient (Wildman–Crippen LogP) is 3.75. The third kappa shape index (κ3) is 3.85. The highest BCUT2D eigenvalue weighted by atomic mass is 16.5. The van der Waals surface area contributed by atoms with E-state index in [4.69, 9.17) is 4.74 Å². The number of anilines is 1. The number of aryl methyl sites for hydroxylation is 2. The van der Waals surface area contributed by atoms with Crippen LogP contribution in [0.3, 0.4) is 0 Å². The van der Waals surface area contributed by atoms with E-state index < -0.39 is 0 Å². The van der Waals surface area contributed by atoms with Crippen molar-refractivity contribution in [2.75, 3.05) is 12.4 Å². The number of benzene rings is 2. The van der Waals surface area contributed by atoms with Crippen LogP contribution in [0.1, 0.15) is 23.6 Å². The van der Waals surface area contributed by atoms with Crippen LogP contribution >= 0.6 is 0 Å². The van der Waals surface area contributed by atoms with E-state index in [0.717, 1.165) is 34.5 Å². The highest BCUT2D eigenvalue weighted by Crippen LogP contribution is 2.20. The molecule has 2 aromatic rings. The van der Waals surface area contributed by atoms with Crippen LogP contribution < -0.4 is 10.1 Å². The lowest BCUT2D eigenvalue weighted by Crippen LogP contribution is -2.15. The monoisotopic (exact) mass is 283 g/mol. The zero-order valence-corrected chi connectivity index (χ0v) is 12.8. The summed E-state index contributed by atoms with van der Waals surface area (Å²) in [5.41, 5.74) is 4.07. The van der Waals surface area contributed by atoms with Gasteiger partial charge in [-0.15, -0.1) is 0 Å². The minimum absolute atomic E-state index is 0.000432. The van der Waals surface area contributed by atoms with Gasteiger partial charge in [0.25, 0.3) is 0 Å². The van der Waals surface area contributed by atoms with Crippen molar-refractivity contribution < 1.29 is 9.53 Å². The standard InChI is InChI=1S/C18H21NO2/c1-4-15-7-5-6-8-16(15)19-18(20)12-14-9-10-17(21-3)13(2)11-14/h5-11H,4,12H2,1-3H3,(H,19,20). The number of nitrogens with one attached hydrogen (secondary N) is 1. The van der Waals surface area contributed by atoms with Gasteiger partial charge in [0.2, 0.25) is 5.91 Å². The molecule has 0 aliphatic heterocycles. The number of hydrogen-bond donors (Lipinski definition) is 1. The van der Waals surface area contributed by atoms with Crippen molar-refractivity contribution in [2.24, 2.45) is 0 Å². The molecule has 0 aliphatic rings. The molecule has 110 valence electrons. The summed E-state index contributed by atoms with van der Waals surface area (Å²) in [6.07, 6.45) is 1.26. The molecule has 3 nitrogen and oxygen atoms in total. The highest BCUT2D eigenvalue weighted by molar-refractivity contribution is 5.93. The predicted molar refractivity (Wildman–Crippen MR) is 85.9 cm³/mol. The number of ether oxygens (including phenoxy) is 1. The van der Waals surface area contributed by atoms with Crippen LogP contribution in [0.2, 0.25) is 0 Å². The van der Waals surface area contributed by atoms with E-state index in [1.807, 2.05) is 49.4 Å². The second-order valence-corrected chi connectivity index (χ2v) is 5.04. The number of amides is 1. The van der Waals surface area contributed by atoms with Gasteiger partial charge in [0.15, 0.2) is 0 Å². The van der Waals surface area contributed by atoms with Crippen LogP contribution in [0.25, 0.3) is 0 Å². The molecule has 1 amide bonds. The maximum atomic E-state index is 12.2. The molecule has 1 N–H and O–H groups in total. The first-order chi connectivity index (χ1) is 10.1. The van der Waals surface area contributed by atoms with Crippen molar-refractivity contribution in [1.82, 2.24) is 0 Å². The van der Waals surface area contributed by atoms with E-state index in [1.165, 1.54) is 0 Å². The number of rotatable bonds is 5. The lowest BCUT2D eigenvalue weighted by molar-refractivity contribution is -0.115. The lowest BCUT2D eigenvalue weighted by atomic mass is 10.1. The maximum Gasteiger partial charge on any atom is 0.228 e. The maximum absolute atomic E-state index is 12.2. The molecule has 0 bridgehead atoms. The number of carbonyl (C=O) groups excluding carboxylic acids is 1. The van der Waals surface area contributed by atoms with E-state index >= 15 is 0 Å². The number of methoxy groups -OCH3 is 1. The molecular formula is C18H21NO2. The van der Waals surface area contributed by atoms with E-state index in [1.54, 1.807) is 7.11 Å². The Bertz CT molecular complexity index is 635. The molecule has 2 rings (SSSR count). The molecule has 0 spiro atoms. The third-order valence-corrected chi connectivity index (χ3v) is 3.50. The zero-order valence-electron chi connectivity index (χ0n) is 12.8. The molecule has 3 heteroatoms. The summed E-state index contributed by atoms with van der Waals surface area (Å²) in [4.78, 5) is 12.2. The quantitative estimate of drug-likeness (QED) is 0.907. The fraction of sp³-hybridized carbons (Fsp3) is 0.278. The largest absolute Gasteiger partial charge is 0.496 e. The topological polar surface area (TPSA) is 38.3 Å². The van der Waals surface area contributed by atoms with Gasteiger partial charge < -0.3 is 10.1 Å². The van der Waals surface area contributed by atoms with Gasteiger partial charge in [0, 0.05) is 5.69 Å². The first kappa shape index (κ1) is 15.1. The normalized spacial score (nSPS) is 10.2. The van der Waals surface area contributed by atoms with Crippen molar-refractivity contribution in [3.63, 3.8) is 0 Å². The fourth-order valence-corrected chi connectivity index (χ4v) is 2.38. The number of hydrogen-bond acceptors (Lipinski definition) is 2. The first-order valence-corrected chi connectivity index (χ1v) is 7.15. The summed E-state index contributed by atoms with van der Waals surface area (Å²) in [5, 5.41) is 2.99. The Morgan fingerprint density at radius 3 is 2.62 bits per heavy atom. The average Bonchev–Trinajstić information content (AvgIpc) is 2.48. The average molecular weight is 283 g/mol. The highest BCUT2D eigenvalue weighted by Gasteiger charge is 2.08. The van der Waals surface area contributed by atoms with Crippen molar-refractivity contribution in [3.8, 4) is 5.75 Å². The Morgan fingerprint density at radius 1 is 1.19 bits per heavy atom. The summed E-state index contributed by atoms with van der Waals surface area (Å²) in [6, 6.07) is 13.7. The van der Waals surface area contributed by atoms with Crippen LogP contribution in [0.15, 0.2) is 42.5 Å². The summed E-state index contributed by atoms with van der Waals surface area (Å²) in [6.45, 7) is 4.06. The molecule has 0 saturated carbocycles. The van der Waals surface area contributed by atoms with Crippen LogP contribution in [0, 0.1) is 6.92 Å². The number of carbonyl (C=O) groups is 1. The summed E-state index contributed by atoms with van der Waals surface area (Å²) < 4.78 is 5.23. The Hall–Kier alpha value is -2.29. The lowest BCUT2D eigenvalue weighted by Gasteiger charge is -2.10. The van der Waals surface area contributed by atoms with E-state index in [-0.39, 0.29) is 5.91 Å². The fourth-order valence-electron chi connectivity index (χ4n) is 2.38. The van der Waals surface area contributed by atoms with Gasteiger partial charge in [-0.25, -0.2) is 0 Å². The molecule has 0 aliphatic carbocycles. The van der Waals surface area contributed by atoms with Crippen molar-refractivity contribution in [2.45, 2.75) is 26.7 Å². The van der Waals surface area contributed by atoms with Crippen LogP contribution in [-0.2, 0) is 17.6 Å². The van der Waals surface area contributed by atoms with E-state index in [0.29, 0.717) is 6.42 Å². The van der Waals surface area contributed by atoms with Gasteiger partial charge in [0.1, 0.15) is 5.75 Å². The molecule has 0 atom stereocenters. The molecule has 0 aromatic heterocycles. The molecule has 0 fully saturated rings. The Balaban J connectivity index is 2.06.